The van der Waals surface area contributed by atoms with Gasteiger partial charge in [0.15, 0.2) is 0 Å². The summed E-state index contributed by atoms with van der Waals surface area (Å²) in [4.78, 5) is 0. The lowest BCUT2D eigenvalue weighted by atomic mass is 9.55. The number of unbranched alkanes of at least 4 members (excludes halogenated alkanes) is 1. The molecule has 0 aliphatic heterocycles. The number of benzene rings is 1. The Morgan fingerprint density at radius 3 is 2.71 bits per heavy atom. The minimum atomic E-state index is 0.319. The molecule has 3 rings (SSSR count). The maximum atomic E-state index is 9.14. The second-order valence-corrected chi connectivity index (χ2v) is 8.98. The van der Waals surface area contributed by atoms with Crippen LogP contribution in [0.25, 0.3) is 0 Å². The van der Waals surface area contributed by atoms with E-state index in [0.717, 1.165) is 31.1 Å². The predicted octanol–water partition coefficient (Wildman–Crippen LogP) is 5.77. The highest BCUT2D eigenvalue weighted by atomic mass is 16.2. The molecule has 1 N–H and O–H groups in total. The number of rotatable bonds is 5. The van der Waals surface area contributed by atoms with Gasteiger partial charge in [0.2, 0.25) is 0 Å². The van der Waals surface area contributed by atoms with Gasteiger partial charge in [-0.05, 0) is 83.9 Å². The molecule has 0 saturated heterocycles. The molecule has 24 heavy (non-hydrogen) atoms. The zero-order chi connectivity index (χ0) is 17.3. The summed E-state index contributed by atoms with van der Waals surface area (Å²) < 4.78 is 0. The summed E-state index contributed by atoms with van der Waals surface area (Å²) in [6, 6.07) is 5.14. The van der Waals surface area contributed by atoms with Gasteiger partial charge in [-0.1, -0.05) is 52.7 Å². The Morgan fingerprint density at radius 2 is 2.00 bits per heavy atom. The van der Waals surface area contributed by atoms with Crippen LogP contribution >= 0.6 is 0 Å². The Hall–Kier alpha value is -0.820. The third-order valence-corrected chi connectivity index (χ3v) is 7.04. The van der Waals surface area contributed by atoms with Crippen molar-refractivity contribution in [2.75, 3.05) is 6.61 Å². The van der Waals surface area contributed by atoms with Crippen molar-refractivity contribution in [2.45, 2.75) is 90.4 Å². The fourth-order valence-electron chi connectivity index (χ4n) is 5.68. The summed E-state index contributed by atoms with van der Waals surface area (Å²) in [6.07, 6.45) is 9.98. The minimum Gasteiger partial charge on any atom is -0.396 e. The molecule has 2 aliphatic rings. The molecular formula is C23H36O. The zero-order valence-corrected chi connectivity index (χ0v) is 16.2. The number of hydrogen-bond acceptors (Lipinski definition) is 1. The van der Waals surface area contributed by atoms with Crippen LogP contribution in [0.2, 0.25) is 0 Å². The van der Waals surface area contributed by atoms with Crippen LogP contribution in [0.1, 0.15) is 94.4 Å². The van der Waals surface area contributed by atoms with Crippen molar-refractivity contribution in [3.05, 3.63) is 34.4 Å². The average molecular weight is 329 g/mol. The first-order chi connectivity index (χ1) is 11.5. The van der Waals surface area contributed by atoms with Gasteiger partial charge in [0.1, 0.15) is 0 Å². The van der Waals surface area contributed by atoms with E-state index in [2.05, 4.69) is 39.8 Å². The van der Waals surface area contributed by atoms with E-state index in [1.165, 1.54) is 32.1 Å². The first-order valence-corrected chi connectivity index (χ1v) is 10.2. The highest BCUT2D eigenvalue weighted by molar-refractivity contribution is 5.46. The lowest BCUT2D eigenvalue weighted by Gasteiger charge is -2.50. The van der Waals surface area contributed by atoms with Crippen molar-refractivity contribution in [2.24, 2.45) is 11.8 Å². The molecule has 0 aromatic heterocycles. The number of aliphatic hydroxyl groups is 1. The molecule has 1 heteroatoms. The van der Waals surface area contributed by atoms with Crippen molar-refractivity contribution in [1.82, 2.24) is 0 Å². The fraction of sp³-hybridized carbons (Fsp3) is 0.739. The molecule has 1 nitrogen and oxygen atoms in total. The van der Waals surface area contributed by atoms with Gasteiger partial charge >= 0.3 is 0 Å². The summed E-state index contributed by atoms with van der Waals surface area (Å²) in [5.74, 6) is 2.34. The van der Waals surface area contributed by atoms with Crippen LogP contribution in [0.4, 0.5) is 0 Å². The van der Waals surface area contributed by atoms with Crippen molar-refractivity contribution in [3.63, 3.8) is 0 Å². The van der Waals surface area contributed by atoms with Gasteiger partial charge in [0.05, 0.1) is 0 Å². The summed E-state index contributed by atoms with van der Waals surface area (Å²) in [7, 11) is 0. The number of hydrogen-bond donors (Lipinski definition) is 1. The van der Waals surface area contributed by atoms with Gasteiger partial charge in [-0.2, -0.15) is 0 Å². The molecule has 3 unspecified atom stereocenters. The van der Waals surface area contributed by atoms with Gasteiger partial charge in [-0.3, -0.25) is 0 Å². The van der Waals surface area contributed by atoms with E-state index in [4.69, 9.17) is 5.11 Å². The summed E-state index contributed by atoms with van der Waals surface area (Å²) in [6.45, 7) is 10.0. The molecule has 1 aromatic carbocycles. The molecule has 0 heterocycles. The van der Waals surface area contributed by atoms with Crippen LogP contribution in [0.5, 0.6) is 0 Å². The first kappa shape index (κ1) is 18.0. The number of aliphatic hydroxyl groups excluding tert-OH is 1. The normalized spacial score (nSPS) is 29.4. The van der Waals surface area contributed by atoms with Crippen molar-refractivity contribution >= 4 is 0 Å². The van der Waals surface area contributed by atoms with E-state index in [1.807, 2.05) is 0 Å². The number of fused-ring (bicyclic) bond motifs is 3. The van der Waals surface area contributed by atoms with Gasteiger partial charge in [0.25, 0.3) is 0 Å². The van der Waals surface area contributed by atoms with Crippen molar-refractivity contribution < 1.29 is 5.11 Å². The second kappa shape index (κ2) is 7.20. The molecule has 0 amide bonds. The Labute approximate surface area is 148 Å². The quantitative estimate of drug-likeness (QED) is 0.681. The maximum Gasteiger partial charge on any atom is 0.0431 e. The molecule has 2 aliphatic carbocycles. The van der Waals surface area contributed by atoms with E-state index < -0.39 is 0 Å². The van der Waals surface area contributed by atoms with Crippen molar-refractivity contribution in [3.8, 4) is 0 Å². The maximum absolute atomic E-state index is 9.14. The third kappa shape index (κ3) is 3.17. The first-order valence-electron chi connectivity index (χ1n) is 10.2. The Kier molecular flexibility index (Phi) is 5.39. The monoisotopic (exact) mass is 328 g/mol. The largest absolute Gasteiger partial charge is 0.396 e. The van der Waals surface area contributed by atoms with E-state index in [9.17, 15) is 0 Å². The Balaban J connectivity index is 2.01. The molecule has 1 aromatic rings. The summed E-state index contributed by atoms with van der Waals surface area (Å²) in [5.41, 5.74) is 6.81. The summed E-state index contributed by atoms with van der Waals surface area (Å²) >= 11 is 0. The fourth-order valence-corrected chi connectivity index (χ4v) is 5.68. The van der Waals surface area contributed by atoms with Gasteiger partial charge < -0.3 is 5.11 Å². The van der Waals surface area contributed by atoms with E-state index >= 15 is 0 Å². The number of aryl methyl sites for hydroxylation is 2. The van der Waals surface area contributed by atoms with Crippen LogP contribution in [-0.4, -0.2) is 11.7 Å². The van der Waals surface area contributed by atoms with Gasteiger partial charge in [-0.25, -0.2) is 0 Å². The SMILES string of the molecule is CC(C)c1cc2c(cc1CCCCO)C1(C)CCCC(C)C1CC2. The average Bonchev–Trinajstić information content (AvgIpc) is 2.54. The molecule has 0 radical (unpaired) electrons. The highest BCUT2D eigenvalue weighted by Crippen LogP contribution is 2.52. The van der Waals surface area contributed by atoms with Crippen LogP contribution in [0.15, 0.2) is 12.1 Å². The minimum absolute atomic E-state index is 0.319. The lowest BCUT2D eigenvalue weighted by Crippen LogP contribution is -2.43. The smallest absolute Gasteiger partial charge is 0.0431 e. The predicted molar refractivity (Wildman–Crippen MR) is 103 cm³/mol. The molecule has 3 atom stereocenters. The summed E-state index contributed by atoms with van der Waals surface area (Å²) in [5, 5.41) is 9.14. The Morgan fingerprint density at radius 1 is 1.21 bits per heavy atom. The molecule has 1 fully saturated rings. The molecule has 1 saturated carbocycles. The highest BCUT2D eigenvalue weighted by Gasteiger charge is 2.45. The van der Waals surface area contributed by atoms with E-state index in [1.54, 1.807) is 22.3 Å². The zero-order valence-electron chi connectivity index (χ0n) is 16.2. The molecule has 0 spiro atoms. The van der Waals surface area contributed by atoms with Crippen LogP contribution in [0, 0.1) is 11.8 Å². The third-order valence-electron chi connectivity index (χ3n) is 7.04. The van der Waals surface area contributed by atoms with Gasteiger partial charge in [0, 0.05) is 6.61 Å². The van der Waals surface area contributed by atoms with Crippen LogP contribution in [0.3, 0.4) is 0 Å². The second-order valence-electron chi connectivity index (χ2n) is 8.98. The van der Waals surface area contributed by atoms with Crippen LogP contribution < -0.4 is 0 Å². The molecule has 0 bridgehead atoms. The topological polar surface area (TPSA) is 20.2 Å². The molecule has 134 valence electrons. The van der Waals surface area contributed by atoms with E-state index in [-0.39, 0.29) is 0 Å². The standard InChI is InChI=1S/C23H36O/c1-16(2)20-14-19-10-11-21-17(3)8-7-12-23(21,4)22(19)15-18(20)9-5-6-13-24/h14-17,21,24H,5-13H2,1-4H3. The van der Waals surface area contributed by atoms with Gasteiger partial charge in [-0.15, -0.1) is 0 Å². The lowest BCUT2D eigenvalue weighted by molar-refractivity contribution is 0.117. The van der Waals surface area contributed by atoms with E-state index in [0.29, 0.717) is 17.9 Å². The molecular weight excluding hydrogens is 292 g/mol. The Bertz CT molecular complexity index is 574. The van der Waals surface area contributed by atoms with Crippen molar-refractivity contribution in [1.29, 1.82) is 0 Å². The van der Waals surface area contributed by atoms with Crippen LogP contribution in [-0.2, 0) is 18.3 Å².